The lowest BCUT2D eigenvalue weighted by Crippen LogP contribution is -2.33. The van der Waals surface area contributed by atoms with Crippen molar-refractivity contribution in [3.63, 3.8) is 0 Å². The normalized spacial score (nSPS) is 17.5. The number of fused-ring (bicyclic) bond motifs is 3. The highest BCUT2D eigenvalue weighted by Gasteiger charge is 2.33. The van der Waals surface area contributed by atoms with E-state index < -0.39 is 0 Å². The number of carbonyl (C=O) groups is 2. The number of amides is 2. The molecular formula is C22H29N5O4. The highest BCUT2D eigenvalue weighted by atomic mass is 16.6. The van der Waals surface area contributed by atoms with E-state index >= 15 is 0 Å². The van der Waals surface area contributed by atoms with Gasteiger partial charge in [-0.3, -0.25) is 14.8 Å². The zero-order valence-corrected chi connectivity index (χ0v) is 18.0. The van der Waals surface area contributed by atoms with Crippen molar-refractivity contribution in [1.29, 1.82) is 0 Å². The Balaban J connectivity index is 1.51. The maximum absolute atomic E-state index is 12.4. The number of hydrogen-bond acceptors (Lipinski definition) is 6. The molecule has 0 radical (unpaired) electrons. The minimum atomic E-state index is -0.381. The molecule has 9 heteroatoms. The molecule has 2 amide bonds. The molecule has 4 rings (SSSR count). The SMILES string of the molecule is COCCCNc1n[nH]c2c1CCCc1cc(N3C[C@H](CNC(C)=O)OC3=O)ccc1-2. The molecule has 1 aliphatic carbocycles. The molecule has 0 spiro atoms. The van der Waals surface area contributed by atoms with Gasteiger partial charge in [-0.05, 0) is 43.4 Å². The van der Waals surface area contributed by atoms with Gasteiger partial charge >= 0.3 is 6.09 Å². The topological polar surface area (TPSA) is 109 Å². The fourth-order valence-electron chi connectivity index (χ4n) is 4.15. The first-order valence-corrected chi connectivity index (χ1v) is 10.7. The molecule has 0 bridgehead atoms. The van der Waals surface area contributed by atoms with Gasteiger partial charge in [0.25, 0.3) is 0 Å². The van der Waals surface area contributed by atoms with E-state index in [-0.39, 0.29) is 18.1 Å². The first kappa shape index (κ1) is 21.2. The Kier molecular flexibility index (Phi) is 6.41. The van der Waals surface area contributed by atoms with E-state index in [4.69, 9.17) is 9.47 Å². The van der Waals surface area contributed by atoms with Crippen LogP contribution < -0.4 is 15.5 Å². The van der Waals surface area contributed by atoms with E-state index in [1.807, 2.05) is 6.07 Å². The van der Waals surface area contributed by atoms with Crippen LogP contribution in [0.15, 0.2) is 18.2 Å². The average molecular weight is 428 g/mol. The van der Waals surface area contributed by atoms with E-state index in [0.29, 0.717) is 13.1 Å². The molecule has 9 nitrogen and oxygen atoms in total. The Labute approximate surface area is 181 Å². The summed E-state index contributed by atoms with van der Waals surface area (Å²) in [6, 6.07) is 6.07. The fraction of sp³-hybridized carbons (Fsp3) is 0.500. The smallest absolute Gasteiger partial charge is 0.414 e. The number of hydrogen-bond donors (Lipinski definition) is 3. The molecule has 1 fully saturated rings. The monoisotopic (exact) mass is 427 g/mol. The van der Waals surface area contributed by atoms with Gasteiger partial charge in [-0.15, -0.1) is 0 Å². The molecule has 166 valence electrons. The second kappa shape index (κ2) is 9.38. The second-order valence-electron chi connectivity index (χ2n) is 7.95. The van der Waals surface area contributed by atoms with Gasteiger partial charge in [0.05, 0.1) is 18.8 Å². The van der Waals surface area contributed by atoms with E-state index in [1.165, 1.54) is 18.1 Å². The number of nitrogens with one attached hydrogen (secondary N) is 3. The molecular weight excluding hydrogens is 398 g/mol. The summed E-state index contributed by atoms with van der Waals surface area (Å²) in [7, 11) is 1.71. The summed E-state index contributed by atoms with van der Waals surface area (Å²) in [4.78, 5) is 25.1. The number of H-pyrrole nitrogens is 1. The fourth-order valence-corrected chi connectivity index (χ4v) is 4.15. The number of benzene rings is 1. The summed E-state index contributed by atoms with van der Waals surface area (Å²) in [6.45, 7) is 3.72. The highest BCUT2D eigenvalue weighted by molar-refractivity contribution is 5.90. The predicted octanol–water partition coefficient (Wildman–Crippen LogP) is 2.48. The van der Waals surface area contributed by atoms with Crippen molar-refractivity contribution < 1.29 is 19.1 Å². The lowest BCUT2D eigenvalue weighted by Gasteiger charge is -2.16. The largest absolute Gasteiger partial charge is 0.442 e. The zero-order valence-electron chi connectivity index (χ0n) is 18.0. The van der Waals surface area contributed by atoms with Crippen molar-refractivity contribution in [2.45, 2.75) is 38.7 Å². The molecule has 2 aliphatic rings. The van der Waals surface area contributed by atoms with Crippen molar-refractivity contribution >= 4 is 23.5 Å². The molecule has 2 heterocycles. The van der Waals surface area contributed by atoms with Crippen LogP contribution in [-0.4, -0.2) is 61.7 Å². The molecule has 1 atom stereocenters. The quantitative estimate of drug-likeness (QED) is 0.559. The van der Waals surface area contributed by atoms with Crippen molar-refractivity contribution in [3.05, 3.63) is 29.3 Å². The third kappa shape index (κ3) is 4.66. The second-order valence-corrected chi connectivity index (χ2v) is 7.95. The van der Waals surface area contributed by atoms with Gasteiger partial charge in [0.15, 0.2) is 5.82 Å². The Morgan fingerprint density at radius 3 is 3.06 bits per heavy atom. The van der Waals surface area contributed by atoms with Gasteiger partial charge < -0.3 is 20.1 Å². The number of nitrogens with zero attached hydrogens (tertiary/aromatic N) is 2. The predicted molar refractivity (Wildman–Crippen MR) is 117 cm³/mol. The molecule has 1 aliphatic heterocycles. The summed E-state index contributed by atoms with van der Waals surface area (Å²) < 4.78 is 10.5. The minimum absolute atomic E-state index is 0.137. The minimum Gasteiger partial charge on any atom is -0.442 e. The van der Waals surface area contributed by atoms with Gasteiger partial charge in [0.2, 0.25) is 5.91 Å². The van der Waals surface area contributed by atoms with Crippen molar-refractivity contribution in [3.8, 4) is 11.3 Å². The number of aromatic nitrogens is 2. The van der Waals surface area contributed by atoms with Crippen LogP contribution in [0.1, 0.15) is 30.9 Å². The van der Waals surface area contributed by atoms with Crippen LogP contribution in [0.3, 0.4) is 0 Å². The number of aryl methyl sites for hydroxylation is 1. The number of cyclic esters (lactones) is 1. The van der Waals surface area contributed by atoms with E-state index in [2.05, 4.69) is 33.0 Å². The zero-order chi connectivity index (χ0) is 21.8. The number of rotatable bonds is 8. The van der Waals surface area contributed by atoms with Gasteiger partial charge in [0.1, 0.15) is 6.10 Å². The summed E-state index contributed by atoms with van der Waals surface area (Å²) in [5.74, 6) is 0.773. The molecule has 2 aromatic rings. The van der Waals surface area contributed by atoms with Gasteiger partial charge in [-0.25, -0.2) is 4.79 Å². The van der Waals surface area contributed by atoms with Gasteiger partial charge in [-0.1, -0.05) is 6.07 Å². The first-order chi connectivity index (χ1) is 15.1. The van der Waals surface area contributed by atoms with Gasteiger partial charge in [0, 0.05) is 44.0 Å². The van der Waals surface area contributed by atoms with Crippen LogP contribution in [0.5, 0.6) is 0 Å². The van der Waals surface area contributed by atoms with E-state index in [9.17, 15) is 9.59 Å². The molecule has 1 aromatic heterocycles. The van der Waals surface area contributed by atoms with Crippen LogP contribution in [-0.2, 0) is 27.1 Å². The lowest BCUT2D eigenvalue weighted by atomic mass is 10.0. The Morgan fingerprint density at radius 1 is 1.39 bits per heavy atom. The number of aromatic amines is 1. The molecule has 3 N–H and O–H groups in total. The average Bonchev–Trinajstić information content (AvgIpc) is 3.27. The third-order valence-electron chi connectivity index (χ3n) is 5.68. The molecule has 31 heavy (non-hydrogen) atoms. The number of anilines is 2. The third-order valence-corrected chi connectivity index (χ3v) is 5.68. The van der Waals surface area contributed by atoms with Crippen LogP contribution in [0.2, 0.25) is 0 Å². The Morgan fingerprint density at radius 2 is 2.26 bits per heavy atom. The number of methoxy groups -OCH3 is 1. The van der Waals surface area contributed by atoms with Crippen LogP contribution in [0.4, 0.5) is 16.3 Å². The molecule has 1 saturated heterocycles. The summed E-state index contributed by atoms with van der Waals surface area (Å²) in [5, 5.41) is 13.8. The maximum Gasteiger partial charge on any atom is 0.414 e. The maximum atomic E-state index is 12.4. The van der Waals surface area contributed by atoms with E-state index in [0.717, 1.165) is 61.6 Å². The number of carbonyl (C=O) groups excluding carboxylic acids is 2. The van der Waals surface area contributed by atoms with E-state index in [1.54, 1.807) is 12.0 Å². The summed E-state index contributed by atoms with van der Waals surface area (Å²) in [6.07, 6.45) is 3.06. The standard InChI is InChI=1S/C22H29N5O4/c1-14(28)24-12-17-13-27(22(29)31-17)16-7-8-18-15(11-16)5-3-6-19-20(18)25-26-21(19)23-9-4-10-30-2/h7-8,11,17H,3-6,9-10,12-13H2,1-2H3,(H,24,28)(H2,23,25,26)/t17-/m0/s1. The highest BCUT2D eigenvalue weighted by Crippen LogP contribution is 2.36. The molecule has 1 aromatic carbocycles. The van der Waals surface area contributed by atoms with Gasteiger partial charge in [-0.2, -0.15) is 5.10 Å². The molecule has 0 saturated carbocycles. The van der Waals surface area contributed by atoms with Crippen molar-refractivity contribution in [2.75, 3.05) is 43.6 Å². The first-order valence-electron chi connectivity index (χ1n) is 10.7. The summed E-state index contributed by atoms with van der Waals surface area (Å²) >= 11 is 0. The summed E-state index contributed by atoms with van der Waals surface area (Å²) in [5.41, 5.74) is 5.37. The Bertz CT molecular complexity index is 957. The van der Waals surface area contributed by atoms with Crippen LogP contribution >= 0.6 is 0 Å². The van der Waals surface area contributed by atoms with Crippen LogP contribution in [0, 0.1) is 0 Å². The van der Waals surface area contributed by atoms with Crippen molar-refractivity contribution in [2.24, 2.45) is 0 Å². The number of ether oxygens (including phenoxy) is 2. The lowest BCUT2D eigenvalue weighted by molar-refractivity contribution is -0.119. The molecule has 0 unspecified atom stereocenters. The van der Waals surface area contributed by atoms with Crippen LogP contribution in [0.25, 0.3) is 11.3 Å². The Hall–Kier alpha value is -3.07. The van der Waals surface area contributed by atoms with Crippen molar-refractivity contribution in [1.82, 2.24) is 15.5 Å².